The maximum atomic E-state index is 13.2. The molecule has 0 aliphatic rings. The van der Waals surface area contributed by atoms with Gasteiger partial charge in [0.25, 0.3) is 5.91 Å². The molecule has 0 fully saturated rings. The van der Waals surface area contributed by atoms with Crippen LogP contribution in [0.5, 0.6) is 0 Å². The lowest BCUT2D eigenvalue weighted by Gasteiger charge is -2.20. The highest BCUT2D eigenvalue weighted by atomic mass is 32.2. The van der Waals surface area contributed by atoms with E-state index < -0.39 is 21.9 Å². The van der Waals surface area contributed by atoms with E-state index in [4.69, 9.17) is 0 Å². The molecule has 3 rings (SSSR count). The molecule has 0 saturated heterocycles. The van der Waals surface area contributed by atoms with E-state index in [9.17, 15) is 23.1 Å². The van der Waals surface area contributed by atoms with Crippen LogP contribution >= 0.6 is 0 Å². The minimum Gasteiger partial charge on any atom is -0.478 e. The van der Waals surface area contributed by atoms with Gasteiger partial charge in [-0.2, -0.15) is 0 Å². The zero-order valence-corrected chi connectivity index (χ0v) is 17.0. The first kappa shape index (κ1) is 20.3. The molecule has 7 nitrogen and oxygen atoms in total. The van der Waals surface area contributed by atoms with Gasteiger partial charge < -0.3 is 9.67 Å². The zero-order chi connectivity index (χ0) is 21.3. The highest BCUT2D eigenvalue weighted by molar-refractivity contribution is 7.92. The topological polar surface area (TPSA) is 96.7 Å². The summed E-state index contributed by atoms with van der Waals surface area (Å²) in [7, 11) is -3.89. The van der Waals surface area contributed by atoms with Crippen LogP contribution in [-0.4, -0.2) is 36.2 Å². The number of rotatable bonds is 5. The Kier molecular flexibility index (Phi) is 5.30. The van der Waals surface area contributed by atoms with Gasteiger partial charge >= 0.3 is 5.97 Å². The number of carboxylic acids is 1. The quantitative estimate of drug-likeness (QED) is 0.693. The highest BCUT2D eigenvalue weighted by Gasteiger charge is 2.30. The van der Waals surface area contributed by atoms with Gasteiger partial charge in [0.1, 0.15) is 0 Å². The number of carbonyl (C=O) groups is 2. The predicted octanol–water partition coefficient (Wildman–Crippen LogP) is 3.40. The molecule has 0 spiro atoms. The van der Waals surface area contributed by atoms with Gasteiger partial charge in [-0.1, -0.05) is 30.3 Å². The number of anilines is 1. The standard InChI is InChI=1S/C21H20N2O5S/c1-14-13-18(15(2)22(14)19-12-8-7-11-17(19)21(25)26)20(24)23(29(3,27)28)16-9-5-4-6-10-16/h4-13H,1-3H3,(H,25,26). The van der Waals surface area contributed by atoms with Gasteiger partial charge in [0.05, 0.1) is 28.8 Å². The number of para-hydroxylation sites is 2. The van der Waals surface area contributed by atoms with Crippen LogP contribution in [-0.2, 0) is 10.0 Å². The van der Waals surface area contributed by atoms with Crippen LogP contribution in [0.1, 0.15) is 32.1 Å². The summed E-state index contributed by atoms with van der Waals surface area (Å²) in [6.45, 7) is 3.39. The van der Waals surface area contributed by atoms with Crippen LogP contribution in [0, 0.1) is 13.8 Å². The Balaban J connectivity index is 2.18. The van der Waals surface area contributed by atoms with Crippen molar-refractivity contribution in [2.75, 3.05) is 10.6 Å². The van der Waals surface area contributed by atoms with Crippen molar-refractivity contribution in [2.45, 2.75) is 13.8 Å². The smallest absolute Gasteiger partial charge is 0.337 e. The Morgan fingerprint density at radius 1 is 0.931 bits per heavy atom. The number of amides is 1. The number of carbonyl (C=O) groups excluding carboxylic acids is 1. The second-order valence-corrected chi connectivity index (χ2v) is 8.44. The lowest BCUT2D eigenvalue weighted by molar-refractivity contribution is 0.0696. The summed E-state index contributed by atoms with van der Waals surface area (Å²) in [5.41, 5.74) is 1.95. The Hall–Kier alpha value is -3.39. The molecular weight excluding hydrogens is 392 g/mol. The molecule has 1 amide bonds. The average Bonchev–Trinajstić information content (AvgIpc) is 2.95. The molecule has 1 aromatic heterocycles. The average molecular weight is 412 g/mol. The summed E-state index contributed by atoms with van der Waals surface area (Å²) in [6, 6.07) is 16.1. The molecule has 29 heavy (non-hydrogen) atoms. The van der Waals surface area contributed by atoms with Crippen molar-refractivity contribution in [1.82, 2.24) is 4.57 Å². The lowest BCUT2D eigenvalue weighted by Crippen LogP contribution is -2.36. The maximum absolute atomic E-state index is 13.2. The van der Waals surface area contributed by atoms with Crippen molar-refractivity contribution in [3.05, 3.63) is 83.2 Å². The van der Waals surface area contributed by atoms with Gasteiger partial charge in [0.15, 0.2) is 0 Å². The van der Waals surface area contributed by atoms with Gasteiger partial charge in [-0.3, -0.25) is 4.79 Å². The van der Waals surface area contributed by atoms with E-state index in [0.717, 1.165) is 10.6 Å². The van der Waals surface area contributed by atoms with Gasteiger partial charge in [-0.25, -0.2) is 17.5 Å². The van der Waals surface area contributed by atoms with Crippen LogP contribution < -0.4 is 4.31 Å². The van der Waals surface area contributed by atoms with Crippen molar-refractivity contribution in [3.63, 3.8) is 0 Å². The van der Waals surface area contributed by atoms with E-state index in [0.29, 0.717) is 17.1 Å². The van der Waals surface area contributed by atoms with E-state index in [1.54, 1.807) is 60.9 Å². The van der Waals surface area contributed by atoms with Crippen molar-refractivity contribution in [3.8, 4) is 5.69 Å². The van der Waals surface area contributed by atoms with Crippen molar-refractivity contribution < 1.29 is 23.1 Å². The number of aromatic nitrogens is 1. The molecule has 0 bridgehead atoms. The maximum Gasteiger partial charge on any atom is 0.337 e. The Morgan fingerprint density at radius 3 is 2.10 bits per heavy atom. The molecule has 1 N–H and O–H groups in total. The molecule has 1 heterocycles. The first-order valence-corrected chi connectivity index (χ1v) is 10.6. The number of hydrogen-bond acceptors (Lipinski definition) is 4. The van der Waals surface area contributed by atoms with Crippen LogP contribution in [0.25, 0.3) is 5.69 Å². The monoisotopic (exact) mass is 412 g/mol. The molecule has 2 aromatic carbocycles. The van der Waals surface area contributed by atoms with Crippen molar-refractivity contribution >= 4 is 27.6 Å². The Bertz CT molecular complexity index is 1200. The van der Waals surface area contributed by atoms with Crippen LogP contribution in [0.3, 0.4) is 0 Å². The third-order valence-electron chi connectivity index (χ3n) is 4.54. The highest BCUT2D eigenvalue weighted by Crippen LogP contribution is 2.27. The van der Waals surface area contributed by atoms with E-state index >= 15 is 0 Å². The fourth-order valence-corrected chi connectivity index (χ4v) is 4.24. The molecule has 0 aliphatic heterocycles. The molecule has 3 aromatic rings. The minimum absolute atomic E-state index is 0.0799. The minimum atomic E-state index is -3.89. The third-order valence-corrected chi connectivity index (χ3v) is 5.58. The van der Waals surface area contributed by atoms with E-state index in [-0.39, 0.29) is 16.8 Å². The largest absolute Gasteiger partial charge is 0.478 e. The lowest BCUT2D eigenvalue weighted by atomic mass is 10.1. The molecule has 150 valence electrons. The zero-order valence-electron chi connectivity index (χ0n) is 16.2. The first-order chi connectivity index (χ1) is 13.6. The molecule has 0 radical (unpaired) electrons. The van der Waals surface area contributed by atoms with Crippen LogP contribution in [0.15, 0.2) is 60.7 Å². The van der Waals surface area contributed by atoms with Crippen molar-refractivity contribution in [2.24, 2.45) is 0 Å². The number of aryl methyl sites for hydroxylation is 1. The summed E-state index contributed by atoms with van der Waals surface area (Å²) < 4.78 is 27.2. The predicted molar refractivity (Wildman–Crippen MR) is 110 cm³/mol. The number of benzene rings is 2. The molecule has 8 heteroatoms. The third kappa shape index (κ3) is 3.79. The van der Waals surface area contributed by atoms with Gasteiger partial charge in [0, 0.05) is 11.4 Å². The summed E-state index contributed by atoms with van der Waals surface area (Å²) in [4.78, 5) is 24.9. The first-order valence-electron chi connectivity index (χ1n) is 8.74. The van der Waals surface area contributed by atoms with Crippen LogP contribution in [0.4, 0.5) is 5.69 Å². The van der Waals surface area contributed by atoms with Gasteiger partial charge in [-0.05, 0) is 44.2 Å². The second-order valence-electron chi connectivity index (χ2n) is 6.61. The summed E-state index contributed by atoms with van der Waals surface area (Å²) in [6.07, 6.45) is 0.969. The van der Waals surface area contributed by atoms with E-state index in [1.807, 2.05) is 0 Å². The van der Waals surface area contributed by atoms with E-state index in [1.165, 1.54) is 18.2 Å². The SMILES string of the molecule is Cc1cc(C(=O)N(c2ccccc2)S(C)(=O)=O)c(C)n1-c1ccccc1C(=O)O. The van der Waals surface area contributed by atoms with Gasteiger partial charge in [-0.15, -0.1) is 0 Å². The number of hydrogen-bond donors (Lipinski definition) is 1. The van der Waals surface area contributed by atoms with Gasteiger partial charge in [0.2, 0.25) is 10.0 Å². The van der Waals surface area contributed by atoms with Crippen molar-refractivity contribution in [1.29, 1.82) is 0 Å². The fraction of sp³-hybridized carbons (Fsp3) is 0.143. The molecule has 0 atom stereocenters. The van der Waals surface area contributed by atoms with E-state index in [2.05, 4.69) is 0 Å². The van der Waals surface area contributed by atoms with Crippen LogP contribution in [0.2, 0.25) is 0 Å². The number of sulfonamides is 1. The molecule has 0 aliphatic carbocycles. The molecular formula is C21H20N2O5S. The summed E-state index contributed by atoms with van der Waals surface area (Å²) in [5, 5.41) is 9.50. The Morgan fingerprint density at radius 2 is 1.52 bits per heavy atom. The fourth-order valence-electron chi connectivity index (χ4n) is 3.33. The Labute approximate surface area is 168 Å². The number of aromatic carboxylic acids is 1. The second kappa shape index (κ2) is 7.56. The number of nitrogens with zero attached hydrogens (tertiary/aromatic N) is 2. The molecule has 0 unspecified atom stereocenters. The normalized spacial score (nSPS) is 11.3. The summed E-state index contributed by atoms with van der Waals surface area (Å²) >= 11 is 0. The summed E-state index contributed by atoms with van der Waals surface area (Å²) in [5.74, 6) is -1.80. The number of carboxylic acid groups (broad SMARTS) is 1. The molecule has 0 saturated carbocycles.